The van der Waals surface area contributed by atoms with Crippen LogP contribution >= 0.6 is 0 Å². The summed E-state index contributed by atoms with van der Waals surface area (Å²) in [5, 5.41) is 5.17. The number of carbonyl (C=O) groups is 3. The lowest BCUT2D eigenvalue weighted by molar-refractivity contribution is -0.134. The number of hydrogen-bond donors (Lipinski definition) is 3. The number of amides is 4. The number of nitrogens with one attached hydrogen (secondary N) is 2. The van der Waals surface area contributed by atoms with Gasteiger partial charge >= 0.3 is 6.03 Å². The molecule has 1 heterocycles. The summed E-state index contributed by atoms with van der Waals surface area (Å²) >= 11 is 0. The fourth-order valence-electron chi connectivity index (χ4n) is 2.37. The lowest BCUT2D eigenvalue weighted by atomic mass is 9.92. The molecule has 1 aliphatic heterocycles. The molecule has 1 aromatic rings. The van der Waals surface area contributed by atoms with Gasteiger partial charge < -0.3 is 21.1 Å². The molecule has 0 bridgehead atoms. The molecule has 4 amide bonds. The summed E-state index contributed by atoms with van der Waals surface area (Å²) in [6.45, 7) is 1.84. The van der Waals surface area contributed by atoms with E-state index in [2.05, 4.69) is 10.6 Å². The van der Waals surface area contributed by atoms with Gasteiger partial charge in [0.2, 0.25) is 5.91 Å². The van der Waals surface area contributed by atoms with E-state index in [-0.39, 0.29) is 19.6 Å². The molecule has 2 rings (SSSR count). The molecule has 1 aliphatic rings. The Labute approximate surface area is 134 Å². The Bertz CT molecular complexity index is 616. The summed E-state index contributed by atoms with van der Waals surface area (Å²) in [6.07, 6.45) is 0. The fourth-order valence-corrected chi connectivity index (χ4v) is 2.37. The molecule has 0 aliphatic carbocycles. The number of rotatable bonds is 6. The highest BCUT2D eigenvalue weighted by molar-refractivity contribution is 6.09. The topological polar surface area (TPSA) is 114 Å². The van der Waals surface area contributed by atoms with Crippen LogP contribution in [-0.2, 0) is 15.1 Å². The van der Waals surface area contributed by atoms with Crippen LogP contribution in [0.25, 0.3) is 0 Å². The van der Waals surface area contributed by atoms with Crippen molar-refractivity contribution in [2.45, 2.75) is 12.5 Å². The average molecular weight is 320 g/mol. The van der Waals surface area contributed by atoms with E-state index >= 15 is 0 Å². The first-order chi connectivity index (χ1) is 10.9. The highest BCUT2D eigenvalue weighted by atomic mass is 16.5. The van der Waals surface area contributed by atoms with E-state index in [0.717, 1.165) is 4.90 Å². The van der Waals surface area contributed by atoms with E-state index in [1.165, 1.54) is 0 Å². The van der Waals surface area contributed by atoms with Crippen molar-refractivity contribution in [3.05, 3.63) is 29.8 Å². The average Bonchev–Trinajstić information content (AvgIpc) is 2.77. The van der Waals surface area contributed by atoms with Crippen molar-refractivity contribution < 1.29 is 19.1 Å². The number of methoxy groups -OCH3 is 1. The molecule has 0 saturated carbocycles. The summed E-state index contributed by atoms with van der Waals surface area (Å²) in [5.41, 5.74) is 4.70. The summed E-state index contributed by atoms with van der Waals surface area (Å²) in [4.78, 5) is 37.3. The zero-order chi connectivity index (χ0) is 17.0. The predicted molar refractivity (Wildman–Crippen MR) is 82.7 cm³/mol. The van der Waals surface area contributed by atoms with Gasteiger partial charge in [-0.3, -0.25) is 14.5 Å². The number of hydrogen-bond acceptors (Lipinski definition) is 5. The first kappa shape index (κ1) is 16.8. The molecule has 4 N–H and O–H groups in total. The summed E-state index contributed by atoms with van der Waals surface area (Å²) in [6, 6.07) is 6.22. The lowest BCUT2D eigenvalue weighted by Crippen LogP contribution is -2.43. The molecule has 1 atom stereocenters. The Morgan fingerprint density at radius 3 is 2.57 bits per heavy atom. The SMILES string of the molecule is COc1ccc(C2(C)NC(=O)N(CC(=O)NCCN)C2=O)cc1. The van der Waals surface area contributed by atoms with E-state index in [4.69, 9.17) is 10.5 Å². The van der Waals surface area contributed by atoms with Crippen molar-refractivity contribution in [3.8, 4) is 5.75 Å². The number of benzene rings is 1. The lowest BCUT2D eigenvalue weighted by Gasteiger charge is -2.22. The molecule has 1 fully saturated rings. The van der Waals surface area contributed by atoms with E-state index in [9.17, 15) is 14.4 Å². The number of nitrogens with zero attached hydrogens (tertiary/aromatic N) is 1. The van der Waals surface area contributed by atoms with E-state index in [0.29, 0.717) is 11.3 Å². The molecule has 8 nitrogen and oxygen atoms in total. The van der Waals surface area contributed by atoms with Crippen LogP contribution < -0.4 is 21.1 Å². The highest BCUT2D eigenvalue weighted by Gasteiger charge is 2.49. The van der Waals surface area contributed by atoms with Gasteiger partial charge in [0.05, 0.1) is 7.11 Å². The van der Waals surface area contributed by atoms with Crippen LogP contribution in [0, 0.1) is 0 Å². The number of urea groups is 1. The maximum absolute atomic E-state index is 12.6. The van der Waals surface area contributed by atoms with Gasteiger partial charge in [-0.05, 0) is 24.6 Å². The van der Waals surface area contributed by atoms with E-state index in [1.54, 1.807) is 38.3 Å². The maximum Gasteiger partial charge on any atom is 0.325 e. The van der Waals surface area contributed by atoms with Crippen LogP contribution in [0.15, 0.2) is 24.3 Å². The Morgan fingerprint density at radius 2 is 2.00 bits per heavy atom. The minimum absolute atomic E-state index is 0.287. The van der Waals surface area contributed by atoms with Crippen LogP contribution in [0.5, 0.6) is 5.75 Å². The van der Waals surface area contributed by atoms with Crippen molar-refractivity contribution in [1.82, 2.24) is 15.5 Å². The molecule has 1 saturated heterocycles. The van der Waals surface area contributed by atoms with Crippen molar-refractivity contribution >= 4 is 17.8 Å². The van der Waals surface area contributed by atoms with Gasteiger partial charge in [0.1, 0.15) is 17.8 Å². The third-order valence-electron chi connectivity index (χ3n) is 3.71. The maximum atomic E-state index is 12.6. The van der Waals surface area contributed by atoms with Gasteiger partial charge in [-0.15, -0.1) is 0 Å². The zero-order valence-electron chi connectivity index (χ0n) is 13.1. The monoisotopic (exact) mass is 320 g/mol. The van der Waals surface area contributed by atoms with Gasteiger partial charge in [0.15, 0.2) is 0 Å². The summed E-state index contributed by atoms with van der Waals surface area (Å²) in [7, 11) is 1.54. The molecule has 0 radical (unpaired) electrons. The van der Waals surface area contributed by atoms with Gasteiger partial charge in [0, 0.05) is 13.1 Å². The van der Waals surface area contributed by atoms with Gasteiger partial charge in [-0.1, -0.05) is 12.1 Å². The molecule has 0 aromatic heterocycles. The van der Waals surface area contributed by atoms with Crippen LogP contribution in [0.1, 0.15) is 12.5 Å². The Morgan fingerprint density at radius 1 is 1.35 bits per heavy atom. The van der Waals surface area contributed by atoms with Crippen molar-refractivity contribution in [2.75, 3.05) is 26.7 Å². The van der Waals surface area contributed by atoms with Crippen LogP contribution in [0.2, 0.25) is 0 Å². The Hall–Kier alpha value is -2.61. The van der Waals surface area contributed by atoms with Crippen molar-refractivity contribution in [1.29, 1.82) is 0 Å². The second kappa shape index (κ2) is 6.66. The zero-order valence-corrected chi connectivity index (χ0v) is 13.1. The molecular weight excluding hydrogens is 300 g/mol. The third kappa shape index (κ3) is 3.26. The molecule has 23 heavy (non-hydrogen) atoms. The van der Waals surface area contributed by atoms with Gasteiger partial charge in [0.25, 0.3) is 5.91 Å². The largest absolute Gasteiger partial charge is 0.497 e. The van der Waals surface area contributed by atoms with E-state index in [1.807, 2.05) is 0 Å². The Balaban J connectivity index is 2.16. The second-order valence-electron chi connectivity index (χ2n) is 5.31. The Kier molecular flexibility index (Phi) is 4.85. The molecule has 1 unspecified atom stereocenters. The molecule has 0 spiro atoms. The number of imide groups is 1. The number of ether oxygens (including phenoxy) is 1. The first-order valence-electron chi connectivity index (χ1n) is 7.17. The first-order valence-corrected chi connectivity index (χ1v) is 7.17. The van der Waals surface area contributed by atoms with Gasteiger partial charge in [-0.2, -0.15) is 0 Å². The van der Waals surface area contributed by atoms with Crippen molar-refractivity contribution in [3.63, 3.8) is 0 Å². The normalized spacial score (nSPS) is 20.4. The molecule has 124 valence electrons. The summed E-state index contributed by atoms with van der Waals surface area (Å²) < 4.78 is 5.08. The molecular formula is C15H20N4O4. The second-order valence-corrected chi connectivity index (χ2v) is 5.31. The number of nitrogens with two attached hydrogens (primary N) is 1. The molecule has 8 heteroatoms. The minimum atomic E-state index is -1.21. The van der Waals surface area contributed by atoms with E-state index < -0.39 is 23.4 Å². The van der Waals surface area contributed by atoms with Crippen LogP contribution in [-0.4, -0.2) is 49.5 Å². The fraction of sp³-hybridized carbons (Fsp3) is 0.400. The minimum Gasteiger partial charge on any atom is -0.497 e. The standard InChI is InChI=1S/C15H20N4O4/c1-15(10-3-5-11(23-2)6-4-10)13(21)19(14(22)18-15)9-12(20)17-8-7-16/h3-6H,7-9,16H2,1-2H3,(H,17,20)(H,18,22). The third-order valence-corrected chi connectivity index (χ3v) is 3.71. The summed E-state index contributed by atoms with van der Waals surface area (Å²) in [5.74, 6) is -0.263. The predicted octanol–water partition coefficient (Wildman–Crippen LogP) is -0.463. The van der Waals surface area contributed by atoms with Crippen LogP contribution in [0.3, 0.4) is 0 Å². The quantitative estimate of drug-likeness (QED) is 0.614. The molecule has 1 aromatic carbocycles. The van der Waals surface area contributed by atoms with Crippen LogP contribution in [0.4, 0.5) is 4.79 Å². The number of carbonyl (C=O) groups excluding carboxylic acids is 3. The highest BCUT2D eigenvalue weighted by Crippen LogP contribution is 2.29. The van der Waals surface area contributed by atoms with Crippen molar-refractivity contribution in [2.24, 2.45) is 5.73 Å². The smallest absolute Gasteiger partial charge is 0.325 e. The van der Waals surface area contributed by atoms with Gasteiger partial charge in [-0.25, -0.2) is 4.79 Å².